The van der Waals surface area contributed by atoms with Crippen molar-refractivity contribution in [3.63, 3.8) is 0 Å². The fourth-order valence-electron chi connectivity index (χ4n) is 4.37. The fourth-order valence-corrected chi connectivity index (χ4v) is 5.49. The molecule has 2 N–H and O–H groups in total. The molecule has 0 fully saturated rings. The number of carboxylic acid groups (broad SMARTS) is 1. The Balaban J connectivity index is 2.61. The first-order valence-electron chi connectivity index (χ1n) is 11.3. The second-order valence-corrected chi connectivity index (χ2v) is 10.8. The Labute approximate surface area is 221 Å². The highest BCUT2D eigenvalue weighted by molar-refractivity contribution is 7.43. The molecule has 3 rings (SSSR count). The third-order valence-corrected chi connectivity index (χ3v) is 8.19. The maximum Gasteiger partial charge on any atom is 0.335 e. The van der Waals surface area contributed by atoms with Gasteiger partial charge in [0.2, 0.25) is 13.2 Å². The van der Waals surface area contributed by atoms with Crippen LogP contribution in [0.5, 0.6) is 0 Å². The van der Waals surface area contributed by atoms with E-state index in [0.29, 0.717) is 0 Å². The van der Waals surface area contributed by atoms with Gasteiger partial charge in [-0.25, -0.2) is 26.7 Å². The van der Waals surface area contributed by atoms with E-state index in [-0.39, 0.29) is 28.5 Å². The van der Waals surface area contributed by atoms with Gasteiger partial charge in [-0.05, 0) is 42.2 Å². The molecule has 0 amide bonds. The molecule has 39 heavy (non-hydrogen) atoms. The molecule has 0 aliphatic heterocycles. The number of hydrogen-bond donors (Lipinski definition) is 2. The third-order valence-electron chi connectivity index (χ3n) is 6.36. The highest BCUT2D eigenvalue weighted by atomic mass is 31.1. The van der Waals surface area contributed by atoms with Gasteiger partial charge in [0.25, 0.3) is 0 Å². The predicted molar refractivity (Wildman–Crippen MR) is 134 cm³/mol. The molecule has 0 radical (unpaired) electrons. The van der Waals surface area contributed by atoms with Gasteiger partial charge in [0.1, 0.15) is 11.4 Å². The van der Waals surface area contributed by atoms with E-state index in [2.05, 4.69) is 4.98 Å². The summed E-state index contributed by atoms with van der Waals surface area (Å²) in [5.74, 6) is -8.33. The Bertz CT molecular complexity index is 1490. The van der Waals surface area contributed by atoms with Crippen molar-refractivity contribution in [1.29, 1.82) is 0 Å². The molecule has 0 aliphatic rings. The number of nitrogens with zero attached hydrogens (tertiary/aromatic N) is 1. The number of hydrogen-bond acceptors (Lipinski definition) is 5. The number of halogens is 5. The molecule has 0 aliphatic carbocycles. The summed E-state index contributed by atoms with van der Waals surface area (Å²) in [6.45, 7) is 4.01. The van der Waals surface area contributed by atoms with Crippen molar-refractivity contribution in [3.05, 3.63) is 76.7 Å². The molecule has 1 aromatic heterocycles. The highest BCUT2D eigenvalue weighted by Gasteiger charge is 2.60. The lowest BCUT2D eigenvalue weighted by atomic mass is 9.76. The highest BCUT2D eigenvalue weighted by Crippen LogP contribution is 2.54. The first-order chi connectivity index (χ1) is 18.1. The van der Waals surface area contributed by atoms with Crippen molar-refractivity contribution in [3.8, 4) is 34.7 Å². The van der Waals surface area contributed by atoms with Crippen LogP contribution >= 0.6 is 8.03 Å². The van der Waals surface area contributed by atoms with Crippen molar-refractivity contribution in [1.82, 2.24) is 4.98 Å². The average molecular weight is 567 g/mol. The SMILES string of the molecule is C#CC(C(=O)O)([PH](=O)OC)C(C)(O)c1c(-c2ccc(F)cc2)cc(-c2c(F)c(F)cc(F)c2F)nc1C(C)C. The molecule has 3 atom stereocenters. The molecule has 0 saturated carbocycles. The van der Waals surface area contributed by atoms with E-state index >= 15 is 0 Å². The lowest BCUT2D eigenvalue weighted by Gasteiger charge is -2.40. The first kappa shape index (κ1) is 30.0. The Morgan fingerprint density at radius 3 is 2.05 bits per heavy atom. The lowest BCUT2D eigenvalue weighted by Crippen LogP contribution is -2.53. The minimum atomic E-state index is -3.76. The molecule has 0 saturated heterocycles. The summed E-state index contributed by atoms with van der Waals surface area (Å²) in [5, 5.41) is 19.1. The molecule has 6 nitrogen and oxygen atoms in total. The van der Waals surface area contributed by atoms with Gasteiger partial charge in [-0.3, -0.25) is 9.55 Å². The Hall–Kier alpha value is -3.58. The minimum absolute atomic E-state index is 0.0221. The van der Waals surface area contributed by atoms with Crippen molar-refractivity contribution < 1.29 is 46.0 Å². The molecule has 0 spiro atoms. The molecule has 12 heteroatoms. The standard InChI is InChI=1S/C27H23F5NO5P/c1-6-27(25(34)35,39(37)38-5)26(4,36)21-16(14-7-9-15(28)10-8-14)11-19(33-24(21)13(2)3)20-22(31)17(29)12-18(30)23(20)32/h1,7-13,36,39H,2-5H3,(H,34,35). The summed E-state index contributed by atoms with van der Waals surface area (Å²) in [5.41, 5.74) is -5.16. The van der Waals surface area contributed by atoms with E-state index in [4.69, 9.17) is 10.9 Å². The van der Waals surface area contributed by atoms with Crippen LogP contribution in [0, 0.1) is 41.4 Å². The Morgan fingerprint density at radius 2 is 1.62 bits per heavy atom. The molecular formula is C27H23F5NO5P. The first-order valence-corrected chi connectivity index (χ1v) is 12.6. The van der Waals surface area contributed by atoms with E-state index < -0.39 is 71.0 Å². The van der Waals surface area contributed by atoms with Crippen molar-refractivity contribution in [2.45, 2.75) is 37.4 Å². The summed E-state index contributed by atoms with van der Waals surface area (Å²) >= 11 is 0. The van der Waals surface area contributed by atoms with Crippen LogP contribution in [0.2, 0.25) is 0 Å². The zero-order valence-corrected chi connectivity index (χ0v) is 22.1. The van der Waals surface area contributed by atoms with Crippen LogP contribution in [-0.4, -0.2) is 33.4 Å². The summed E-state index contributed by atoms with van der Waals surface area (Å²) in [7, 11) is -2.82. The average Bonchev–Trinajstić information content (AvgIpc) is 2.87. The van der Waals surface area contributed by atoms with Gasteiger partial charge in [0.05, 0.1) is 17.0 Å². The monoisotopic (exact) mass is 567 g/mol. The summed E-state index contributed by atoms with van der Waals surface area (Å²) < 4.78 is 89.4. The van der Waals surface area contributed by atoms with Gasteiger partial charge >= 0.3 is 5.97 Å². The quantitative estimate of drug-likeness (QED) is 0.150. The Kier molecular flexibility index (Phi) is 8.37. The second-order valence-electron chi connectivity index (χ2n) is 9.08. The van der Waals surface area contributed by atoms with Gasteiger partial charge in [-0.1, -0.05) is 31.9 Å². The normalized spacial score (nSPS) is 15.3. The second kappa shape index (κ2) is 10.9. The van der Waals surface area contributed by atoms with Crippen LogP contribution in [-0.2, 0) is 19.5 Å². The maximum absolute atomic E-state index is 14.8. The van der Waals surface area contributed by atoms with Crippen molar-refractivity contribution in [2.75, 3.05) is 7.11 Å². The number of aliphatic hydroxyl groups is 1. The van der Waals surface area contributed by atoms with Crippen molar-refractivity contribution in [2.24, 2.45) is 0 Å². The predicted octanol–water partition coefficient (Wildman–Crippen LogP) is 6.02. The third kappa shape index (κ3) is 4.84. The zero-order chi connectivity index (χ0) is 29.4. The number of aromatic nitrogens is 1. The number of benzene rings is 2. The zero-order valence-electron chi connectivity index (χ0n) is 21.1. The van der Waals surface area contributed by atoms with Gasteiger partial charge in [-0.2, -0.15) is 0 Å². The largest absolute Gasteiger partial charge is 0.480 e. The maximum atomic E-state index is 14.8. The number of terminal acetylenes is 1. The van der Waals surface area contributed by atoms with Crippen LogP contribution < -0.4 is 0 Å². The van der Waals surface area contributed by atoms with E-state index in [0.717, 1.165) is 32.2 Å². The van der Waals surface area contributed by atoms with Gasteiger partial charge in [0.15, 0.2) is 23.3 Å². The van der Waals surface area contributed by atoms with Crippen LogP contribution in [0.15, 0.2) is 36.4 Å². The smallest absolute Gasteiger partial charge is 0.335 e. The molecular weight excluding hydrogens is 544 g/mol. The molecule has 206 valence electrons. The number of carbonyl (C=O) groups is 1. The number of rotatable bonds is 8. The number of pyridine rings is 1. The molecule has 0 bridgehead atoms. The minimum Gasteiger partial charge on any atom is -0.480 e. The van der Waals surface area contributed by atoms with E-state index in [9.17, 15) is 41.5 Å². The van der Waals surface area contributed by atoms with E-state index in [1.54, 1.807) is 0 Å². The summed E-state index contributed by atoms with van der Waals surface area (Å²) in [6, 6.07) is 5.39. The van der Waals surface area contributed by atoms with E-state index in [1.165, 1.54) is 26.0 Å². The molecule has 3 aromatic rings. The van der Waals surface area contributed by atoms with Crippen molar-refractivity contribution >= 4 is 14.0 Å². The van der Waals surface area contributed by atoms with Crippen LogP contribution in [0.4, 0.5) is 22.0 Å². The van der Waals surface area contributed by atoms with Crippen LogP contribution in [0.3, 0.4) is 0 Å². The topological polar surface area (TPSA) is 96.7 Å². The summed E-state index contributed by atoms with van der Waals surface area (Å²) in [6.07, 6.45) is 5.54. The number of carboxylic acids is 1. The van der Waals surface area contributed by atoms with Crippen LogP contribution in [0.25, 0.3) is 22.4 Å². The molecule has 3 unspecified atom stereocenters. The number of aliphatic carboxylic acids is 1. The van der Waals surface area contributed by atoms with Gasteiger partial charge < -0.3 is 14.7 Å². The molecule has 2 aromatic carbocycles. The molecule has 1 heterocycles. The van der Waals surface area contributed by atoms with Crippen LogP contribution in [0.1, 0.15) is 37.9 Å². The van der Waals surface area contributed by atoms with Gasteiger partial charge in [0, 0.05) is 18.7 Å². The van der Waals surface area contributed by atoms with Gasteiger partial charge in [-0.15, -0.1) is 6.42 Å². The van der Waals surface area contributed by atoms with E-state index in [1.807, 2.05) is 5.92 Å². The lowest BCUT2D eigenvalue weighted by molar-refractivity contribution is -0.145. The fraction of sp³-hybridized carbons (Fsp3) is 0.259. The summed E-state index contributed by atoms with van der Waals surface area (Å²) in [4.78, 5) is 16.7. The Morgan fingerprint density at radius 1 is 1.08 bits per heavy atom.